The van der Waals surface area contributed by atoms with Crippen LogP contribution < -0.4 is 10.6 Å². The lowest BCUT2D eigenvalue weighted by molar-refractivity contribution is -0.141. The summed E-state index contributed by atoms with van der Waals surface area (Å²) in [6, 6.07) is 2.33. The Kier molecular flexibility index (Phi) is 5.10. The maximum atomic E-state index is 13.3. The highest BCUT2D eigenvalue weighted by molar-refractivity contribution is 9.10. The van der Waals surface area contributed by atoms with Gasteiger partial charge in [-0.1, -0.05) is 20.8 Å². The molecule has 5 nitrogen and oxygen atoms in total. The molecule has 0 unspecified atom stereocenters. The number of nitrogens with one attached hydrogen (secondary N) is 2. The first kappa shape index (κ1) is 16.4. The van der Waals surface area contributed by atoms with Gasteiger partial charge >= 0.3 is 12.0 Å². The van der Waals surface area contributed by atoms with Crippen LogP contribution in [0.2, 0.25) is 0 Å². The molecule has 1 aromatic rings. The van der Waals surface area contributed by atoms with Gasteiger partial charge < -0.3 is 15.7 Å². The van der Waals surface area contributed by atoms with Crippen LogP contribution >= 0.6 is 15.9 Å². The molecule has 0 aliphatic carbocycles. The Bertz CT molecular complexity index is 529. The van der Waals surface area contributed by atoms with Crippen molar-refractivity contribution in [3.63, 3.8) is 0 Å². The molecule has 0 fully saturated rings. The molecule has 0 saturated carbocycles. The lowest BCUT2D eigenvalue weighted by Crippen LogP contribution is -2.50. The van der Waals surface area contributed by atoms with Gasteiger partial charge in [0.15, 0.2) is 0 Å². The van der Waals surface area contributed by atoms with E-state index < -0.39 is 29.3 Å². The van der Waals surface area contributed by atoms with Gasteiger partial charge in [0.1, 0.15) is 11.9 Å². The number of carboxylic acid groups (broad SMARTS) is 1. The smallest absolute Gasteiger partial charge is 0.326 e. The number of amides is 2. The minimum Gasteiger partial charge on any atom is -0.480 e. The molecule has 0 aromatic heterocycles. The molecule has 1 rings (SSSR count). The standard InChI is InChI=1S/C13H16BrFN2O3/c1-13(2,3)10(11(18)19)17-12(20)16-7-4-5-8(14)9(15)6-7/h4-6,10H,1-3H3,(H,18,19)(H2,16,17,20)/t10-/m0/s1. The number of anilines is 1. The summed E-state index contributed by atoms with van der Waals surface area (Å²) < 4.78 is 13.6. The topological polar surface area (TPSA) is 78.4 Å². The quantitative estimate of drug-likeness (QED) is 0.786. The van der Waals surface area contributed by atoms with Crippen LogP contribution in [0.15, 0.2) is 22.7 Å². The maximum absolute atomic E-state index is 13.3. The molecule has 7 heteroatoms. The molecule has 2 amide bonds. The summed E-state index contributed by atoms with van der Waals surface area (Å²) >= 11 is 3.00. The van der Waals surface area contributed by atoms with E-state index in [1.165, 1.54) is 12.1 Å². The molecule has 0 spiro atoms. The highest BCUT2D eigenvalue weighted by Gasteiger charge is 2.32. The zero-order chi connectivity index (χ0) is 15.5. The van der Waals surface area contributed by atoms with E-state index in [0.29, 0.717) is 0 Å². The second-order valence-electron chi connectivity index (χ2n) is 5.36. The molecule has 0 bridgehead atoms. The van der Waals surface area contributed by atoms with Gasteiger partial charge in [0, 0.05) is 5.69 Å². The largest absolute Gasteiger partial charge is 0.480 e. The summed E-state index contributed by atoms with van der Waals surface area (Å²) in [5, 5.41) is 13.8. The van der Waals surface area contributed by atoms with Crippen LogP contribution in [0.3, 0.4) is 0 Å². The summed E-state index contributed by atoms with van der Waals surface area (Å²) in [5.41, 5.74) is -0.407. The summed E-state index contributed by atoms with van der Waals surface area (Å²) in [7, 11) is 0. The summed E-state index contributed by atoms with van der Waals surface area (Å²) in [5.74, 6) is -1.65. The Morgan fingerprint density at radius 2 is 1.95 bits per heavy atom. The molecule has 0 aliphatic heterocycles. The number of aliphatic carboxylic acids is 1. The molecule has 0 heterocycles. The van der Waals surface area contributed by atoms with Gasteiger partial charge in [-0.05, 0) is 39.5 Å². The van der Waals surface area contributed by atoms with E-state index in [9.17, 15) is 14.0 Å². The predicted molar refractivity (Wildman–Crippen MR) is 77.1 cm³/mol. The van der Waals surface area contributed by atoms with Crippen molar-refractivity contribution in [1.82, 2.24) is 5.32 Å². The van der Waals surface area contributed by atoms with E-state index in [1.54, 1.807) is 20.8 Å². The van der Waals surface area contributed by atoms with Gasteiger partial charge in [0.05, 0.1) is 4.47 Å². The predicted octanol–water partition coefficient (Wildman–Crippen LogP) is 3.21. The molecule has 3 N–H and O–H groups in total. The van der Waals surface area contributed by atoms with E-state index in [4.69, 9.17) is 5.11 Å². The number of rotatable bonds is 3. The van der Waals surface area contributed by atoms with Crippen molar-refractivity contribution in [2.24, 2.45) is 5.41 Å². The fourth-order valence-electron chi connectivity index (χ4n) is 1.52. The second kappa shape index (κ2) is 6.21. The second-order valence-corrected chi connectivity index (χ2v) is 6.22. The van der Waals surface area contributed by atoms with E-state index in [2.05, 4.69) is 26.6 Å². The minimum absolute atomic E-state index is 0.237. The molecule has 0 saturated heterocycles. The summed E-state index contributed by atoms with van der Waals surface area (Å²) in [4.78, 5) is 22.9. The van der Waals surface area contributed by atoms with Crippen LogP contribution in [0.4, 0.5) is 14.9 Å². The summed E-state index contributed by atoms with van der Waals surface area (Å²) in [6.45, 7) is 5.10. The Hall–Kier alpha value is -1.63. The highest BCUT2D eigenvalue weighted by Crippen LogP contribution is 2.21. The Balaban J connectivity index is 2.76. The first-order valence-electron chi connectivity index (χ1n) is 5.86. The van der Waals surface area contributed by atoms with Crippen LogP contribution in [0.25, 0.3) is 0 Å². The average Bonchev–Trinajstić information content (AvgIpc) is 2.29. The first-order chi connectivity index (χ1) is 9.11. The molecule has 20 heavy (non-hydrogen) atoms. The van der Waals surface area contributed by atoms with Crippen molar-refractivity contribution >= 4 is 33.6 Å². The fourth-order valence-corrected chi connectivity index (χ4v) is 1.77. The van der Waals surface area contributed by atoms with Crippen molar-refractivity contribution in [3.8, 4) is 0 Å². The molecular weight excluding hydrogens is 331 g/mol. The minimum atomic E-state index is -1.13. The normalized spacial score (nSPS) is 12.7. The SMILES string of the molecule is CC(C)(C)[C@@H](NC(=O)Nc1ccc(Br)c(F)c1)C(=O)O. The third-order valence-corrected chi connectivity index (χ3v) is 3.21. The van der Waals surface area contributed by atoms with Gasteiger partial charge in [0.2, 0.25) is 0 Å². The van der Waals surface area contributed by atoms with Crippen LogP contribution in [-0.4, -0.2) is 23.1 Å². The number of urea groups is 1. The Morgan fingerprint density at radius 3 is 2.40 bits per heavy atom. The number of carbonyl (C=O) groups excluding carboxylic acids is 1. The van der Waals surface area contributed by atoms with E-state index >= 15 is 0 Å². The van der Waals surface area contributed by atoms with Crippen LogP contribution in [0, 0.1) is 11.2 Å². The third kappa shape index (κ3) is 4.48. The van der Waals surface area contributed by atoms with E-state index in [0.717, 1.165) is 6.07 Å². The van der Waals surface area contributed by atoms with Gasteiger partial charge in [-0.15, -0.1) is 0 Å². The van der Waals surface area contributed by atoms with Crippen molar-refractivity contribution < 1.29 is 19.1 Å². The zero-order valence-electron chi connectivity index (χ0n) is 11.3. The maximum Gasteiger partial charge on any atom is 0.326 e. The van der Waals surface area contributed by atoms with Gasteiger partial charge in [-0.2, -0.15) is 0 Å². The van der Waals surface area contributed by atoms with Crippen molar-refractivity contribution in [2.45, 2.75) is 26.8 Å². The first-order valence-corrected chi connectivity index (χ1v) is 6.66. The lowest BCUT2D eigenvalue weighted by atomic mass is 9.87. The molecular formula is C13H16BrFN2O3. The molecule has 0 radical (unpaired) electrons. The lowest BCUT2D eigenvalue weighted by Gasteiger charge is -2.27. The third-order valence-electron chi connectivity index (χ3n) is 2.57. The fraction of sp³-hybridized carbons (Fsp3) is 0.385. The number of halogens is 2. The van der Waals surface area contributed by atoms with Crippen LogP contribution in [0.1, 0.15) is 20.8 Å². The Morgan fingerprint density at radius 1 is 1.35 bits per heavy atom. The number of carbonyl (C=O) groups is 2. The monoisotopic (exact) mass is 346 g/mol. The van der Waals surface area contributed by atoms with Gasteiger partial charge in [-0.25, -0.2) is 14.0 Å². The van der Waals surface area contributed by atoms with Crippen molar-refractivity contribution in [1.29, 1.82) is 0 Å². The zero-order valence-corrected chi connectivity index (χ0v) is 12.9. The number of carboxylic acids is 1. The van der Waals surface area contributed by atoms with E-state index in [1.807, 2.05) is 0 Å². The average molecular weight is 347 g/mol. The molecule has 0 aliphatic rings. The number of benzene rings is 1. The number of hydrogen-bond donors (Lipinski definition) is 3. The Labute approximate surface area is 124 Å². The highest BCUT2D eigenvalue weighted by atomic mass is 79.9. The van der Waals surface area contributed by atoms with Crippen LogP contribution in [-0.2, 0) is 4.79 Å². The molecule has 110 valence electrons. The van der Waals surface area contributed by atoms with Gasteiger partial charge in [0.25, 0.3) is 0 Å². The van der Waals surface area contributed by atoms with Crippen LogP contribution in [0.5, 0.6) is 0 Å². The van der Waals surface area contributed by atoms with Crippen molar-refractivity contribution in [3.05, 3.63) is 28.5 Å². The van der Waals surface area contributed by atoms with E-state index in [-0.39, 0.29) is 10.2 Å². The molecule has 1 atom stereocenters. The van der Waals surface area contributed by atoms with Gasteiger partial charge in [-0.3, -0.25) is 0 Å². The number of hydrogen-bond acceptors (Lipinski definition) is 2. The van der Waals surface area contributed by atoms with Crippen molar-refractivity contribution in [2.75, 3.05) is 5.32 Å². The summed E-state index contributed by atoms with van der Waals surface area (Å²) in [6.07, 6.45) is 0. The molecule has 1 aromatic carbocycles.